The minimum Gasteiger partial charge on any atom is -0.271 e. The van der Waals surface area contributed by atoms with Gasteiger partial charge in [0.05, 0.1) is 0 Å². The maximum absolute atomic E-state index is 13.8. The first-order valence-electron chi connectivity index (χ1n) is 6.88. The highest BCUT2D eigenvalue weighted by Crippen LogP contribution is 2.36. The Kier molecular flexibility index (Phi) is 4.05. The molecule has 0 atom stereocenters. The van der Waals surface area contributed by atoms with E-state index in [2.05, 4.69) is 0 Å². The van der Waals surface area contributed by atoms with E-state index in [0.717, 1.165) is 0 Å². The van der Waals surface area contributed by atoms with E-state index in [0.29, 0.717) is 14.7 Å². The van der Waals surface area contributed by atoms with Gasteiger partial charge in [-0.3, -0.25) is 4.21 Å². The van der Waals surface area contributed by atoms with Crippen LogP contribution in [0, 0.1) is 17.5 Å². The van der Waals surface area contributed by atoms with Gasteiger partial charge in [-0.25, -0.2) is 13.2 Å². The highest BCUT2D eigenvalue weighted by atomic mass is 32.2. The molecule has 3 rings (SSSR count). The zero-order valence-electron chi connectivity index (χ0n) is 11.9. The Morgan fingerprint density at radius 1 is 0.478 bits per heavy atom. The van der Waals surface area contributed by atoms with Crippen molar-refractivity contribution in [3.63, 3.8) is 0 Å². The molecule has 3 aromatic rings. The van der Waals surface area contributed by atoms with Gasteiger partial charge in [-0.1, -0.05) is 0 Å². The second-order valence-electron chi connectivity index (χ2n) is 5.04. The van der Waals surface area contributed by atoms with Crippen LogP contribution < -0.4 is 0 Å². The molecule has 0 fully saturated rings. The third-order valence-electron chi connectivity index (χ3n) is 3.57. The molecule has 1 nitrogen and oxygen atoms in total. The summed E-state index contributed by atoms with van der Waals surface area (Å²) in [5.41, 5.74) is 0. The summed E-state index contributed by atoms with van der Waals surface area (Å²) in [6.45, 7) is 0. The first kappa shape index (κ1) is 15.5. The normalized spacial score (nSPS) is 12.1. The molecule has 0 radical (unpaired) electrons. The van der Waals surface area contributed by atoms with Gasteiger partial charge in [-0.2, -0.15) is 0 Å². The molecular weight excluding hydrogens is 321 g/mol. The van der Waals surface area contributed by atoms with Gasteiger partial charge < -0.3 is 0 Å². The topological polar surface area (TPSA) is 17.1 Å². The molecule has 0 aliphatic rings. The van der Waals surface area contributed by atoms with Crippen molar-refractivity contribution in [1.82, 2.24) is 0 Å². The van der Waals surface area contributed by atoms with E-state index in [1.807, 2.05) is 0 Å². The Morgan fingerprint density at radius 2 is 0.696 bits per heavy atom. The van der Waals surface area contributed by atoms with E-state index in [9.17, 15) is 17.4 Å². The van der Waals surface area contributed by atoms with Crippen molar-refractivity contribution in [3.8, 4) is 0 Å². The Labute approximate surface area is 132 Å². The predicted molar refractivity (Wildman–Crippen MR) is 83.5 cm³/mol. The maximum atomic E-state index is 13.8. The molecule has 5 heteroatoms. The Bertz CT molecular complexity index is 739. The van der Waals surface area contributed by atoms with E-state index in [1.165, 1.54) is 72.8 Å². The fourth-order valence-electron chi connectivity index (χ4n) is 2.40. The molecule has 0 aliphatic heterocycles. The van der Waals surface area contributed by atoms with Gasteiger partial charge in [-0.15, -0.1) is 0 Å². The summed E-state index contributed by atoms with van der Waals surface area (Å²) >= 11 is 0. The van der Waals surface area contributed by atoms with Crippen LogP contribution in [0.1, 0.15) is 0 Å². The largest absolute Gasteiger partial charge is 0.271 e. The molecule has 0 saturated heterocycles. The van der Waals surface area contributed by atoms with Crippen LogP contribution in [0.3, 0.4) is 0 Å². The minimum absolute atomic E-state index is 0.400. The Morgan fingerprint density at radius 3 is 0.913 bits per heavy atom. The molecule has 3 aromatic carbocycles. The number of hydrogen-bond donors (Lipinski definition) is 1. The molecule has 0 N–H and O–H groups in total. The first-order valence-corrected chi connectivity index (χ1v) is 8.59. The molecule has 0 aromatic heterocycles. The summed E-state index contributed by atoms with van der Waals surface area (Å²) in [5.74, 6) is -1.34. The van der Waals surface area contributed by atoms with Crippen LogP contribution in [-0.4, -0.2) is 4.21 Å². The lowest BCUT2D eigenvalue weighted by molar-refractivity contribution is 0.624. The zero-order valence-corrected chi connectivity index (χ0v) is 12.8. The summed E-state index contributed by atoms with van der Waals surface area (Å²) < 4.78 is 53.4. The van der Waals surface area contributed by atoms with Gasteiger partial charge in [-0.05, 0) is 82.7 Å². The van der Waals surface area contributed by atoms with Crippen LogP contribution in [0.4, 0.5) is 13.2 Å². The van der Waals surface area contributed by atoms with Gasteiger partial charge in [0.15, 0.2) is 0 Å². The monoisotopic (exact) mass is 334 g/mol. The molecular formula is C18H13F3OS. The van der Waals surface area contributed by atoms with Crippen LogP contribution in [0.25, 0.3) is 0 Å². The summed E-state index contributed by atoms with van der Waals surface area (Å²) in [7, 11) is -3.34. The van der Waals surface area contributed by atoms with Crippen LogP contribution in [-0.2, 0) is 9.93 Å². The predicted octanol–water partition coefficient (Wildman–Crippen LogP) is 4.60. The SMILES string of the molecule is O=[SH](c1ccc(F)cc1)(c1ccc(F)cc1)c1ccc(F)cc1. The summed E-state index contributed by atoms with van der Waals surface area (Å²) in [6.07, 6.45) is 0. The zero-order chi connectivity index (χ0) is 16.4. The number of halogens is 3. The van der Waals surface area contributed by atoms with Crippen LogP contribution in [0.15, 0.2) is 87.5 Å². The number of rotatable bonds is 3. The minimum atomic E-state index is -3.34. The quantitative estimate of drug-likeness (QED) is 0.693. The standard InChI is InChI=1S/C18H13F3OS/c19-13-1-7-16(8-2-13)23(22,17-9-3-14(20)4-10-17)18-11-5-15(21)6-12-18/h1-12,23H. The Balaban J connectivity index is 2.24. The number of hydrogen-bond acceptors (Lipinski definition) is 1. The van der Waals surface area contributed by atoms with E-state index in [-0.39, 0.29) is 0 Å². The van der Waals surface area contributed by atoms with Gasteiger partial charge in [0.2, 0.25) is 0 Å². The lowest BCUT2D eigenvalue weighted by atomic mass is 10.3. The summed E-state index contributed by atoms with van der Waals surface area (Å²) in [4.78, 5) is 1.20. The molecule has 0 aliphatic carbocycles. The van der Waals surface area contributed by atoms with E-state index in [1.54, 1.807) is 0 Å². The van der Waals surface area contributed by atoms with Crippen LogP contribution in [0.5, 0.6) is 0 Å². The van der Waals surface area contributed by atoms with Crippen LogP contribution >= 0.6 is 0 Å². The van der Waals surface area contributed by atoms with E-state index >= 15 is 0 Å². The highest BCUT2D eigenvalue weighted by Gasteiger charge is 2.23. The fourth-order valence-corrected chi connectivity index (χ4v) is 5.00. The van der Waals surface area contributed by atoms with Crippen molar-refractivity contribution in [2.24, 2.45) is 0 Å². The molecule has 0 heterocycles. The maximum Gasteiger partial charge on any atom is 0.123 e. The highest BCUT2D eigenvalue weighted by molar-refractivity contribution is 8.03. The lowest BCUT2D eigenvalue weighted by Crippen LogP contribution is -2.14. The third-order valence-corrected chi connectivity index (χ3v) is 6.65. The molecule has 0 spiro atoms. The van der Waals surface area contributed by atoms with Gasteiger partial charge in [0.1, 0.15) is 17.5 Å². The number of thiol groups is 1. The molecule has 23 heavy (non-hydrogen) atoms. The smallest absolute Gasteiger partial charge is 0.123 e. The number of benzene rings is 3. The fraction of sp³-hybridized carbons (Fsp3) is 0. The molecule has 0 unspecified atom stereocenters. The van der Waals surface area contributed by atoms with Gasteiger partial charge in [0, 0.05) is 14.7 Å². The van der Waals surface area contributed by atoms with Crippen molar-refractivity contribution < 1.29 is 17.4 Å². The van der Waals surface area contributed by atoms with Crippen molar-refractivity contribution in [2.45, 2.75) is 14.7 Å². The second kappa shape index (κ2) is 6.01. The lowest BCUT2D eigenvalue weighted by Gasteiger charge is -2.25. The van der Waals surface area contributed by atoms with Crippen molar-refractivity contribution in [1.29, 1.82) is 0 Å². The van der Waals surface area contributed by atoms with Crippen molar-refractivity contribution in [2.75, 3.05) is 0 Å². The van der Waals surface area contributed by atoms with Gasteiger partial charge in [0.25, 0.3) is 0 Å². The summed E-state index contributed by atoms with van der Waals surface area (Å²) in [5, 5.41) is 0. The first-order chi connectivity index (χ1) is 11.0. The second-order valence-corrected chi connectivity index (χ2v) is 7.81. The third kappa shape index (κ3) is 2.92. The average molecular weight is 334 g/mol. The molecule has 0 saturated carbocycles. The Hall–Kier alpha value is -2.40. The van der Waals surface area contributed by atoms with Crippen LogP contribution in [0.2, 0.25) is 0 Å². The van der Waals surface area contributed by atoms with Crippen molar-refractivity contribution in [3.05, 3.63) is 90.2 Å². The molecule has 118 valence electrons. The molecule has 0 amide bonds. The average Bonchev–Trinajstić information content (AvgIpc) is 2.56. The van der Waals surface area contributed by atoms with Gasteiger partial charge >= 0.3 is 0 Å². The van der Waals surface area contributed by atoms with Crippen molar-refractivity contribution >= 4 is 9.93 Å². The summed E-state index contributed by atoms with van der Waals surface area (Å²) in [6, 6.07) is 15.9. The molecule has 0 bridgehead atoms. The van der Waals surface area contributed by atoms with E-state index in [4.69, 9.17) is 0 Å². The van der Waals surface area contributed by atoms with E-state index < -0.39 is 27.4 Å².